The summed E-state index contributed by atoms with van der Waals surface area (Å²) in [6, 6.07) is 2.55. The topological polar surface area (TPSA) is 43.8 Å². The van der Waals surface area contributed by atoms with Crippen molar-refractivity contribution in [2.75, 3.05) is 5.73 Å². The van der Waals surface area contributed by atoms with Gasteiger partial charge < -0.3 is 10.3 Å². The molecule has 0 unspecified atom stereocenters. The molecule has 116 valence electrons. The van der Waals surface area contributed by atoms with Crippen molar-refractivity contribution in [3.63, 3.8) is 0 Å². The van der Waals surface area contributed by atoms with Gasteiger partial charge in [0, 0.05) is 6.54 Å². The Labute approximate surface area is 124 Å². The van der Waals surface area contributed by atoms with Gasteiger partial charge >= 0.3 is 0 Å². The van der Waals surface area contributed by atoms with Crippen LogP contribution < -0.4 is 5.73 Å². The molecule has 2 aromatic rings. The van der Waals surface area contributed by atoms with Crippen LogP contribution in [0.2, 0.25) is 0 Å². The van der Waals surface area contributed by atoms with Crippen LogP contribution >= 0.6 is 0 Å². The van der Waals surface area contributed by atoms with E-state index >= 15 is 0 Å². The molecule has 0 amide bonds. The molecule has 1 heterocycles. The number of nitrogens with zero attached hydrogens (tertiary/aromatic N) is 2. The highest BCUT2D eigenvalue weighted by Crippen LogP contribution is 2.23. The smallest absolute Gasteiger partial charge is 0.201 e. The normalized spacial score (nSPS) is 11.7. The minimum absolute atomic E-state index is 0.176. The molecule has 0 aliphatic heterocycles. The molecule has 2 N–H and O–H groups in total. The van der Waals surface area contributed by atoms with E-state index in [1.807, 2.05) is 0 Å². The van der Waals surface area contributed by atoms with Gasteiger partial charge in [0.05, 0.1) is 5.52 Å². The maximum atomic E-state index is 13.9. The zero-order valence-electron chi connectivity index (χ0n) is 12.7. The SMILES string of the molecule is CC(C)CCCCCCn1c(N)nc2ccc(F)c(F)c21. The fourth-order valence-corrected chi connectivity index (χ4v) is 2.58. The Bertz CT molecular complexity index is 605. The molecular weight excluding hydrogens is 272 g/mol. The van der Waals surface area contributed by atoms with Gasteiger partial charge in [-0.15, -0.1) is 0 Å². The maximum absolute atomic E-state index is 13.9. The predicted octanol–water partition coefficient (Wildman–Crippen LogP) is 4.50. The monoisotopic (exact) mass is 295 g/mol. The number of aromatic nitrogens is 2. The van der Waals surface area contributed by atoms with Gasteiger partial charge in [-0.2, -0.15) is 0 Å². The van der Waals surface area contributed by atoms with E-state index in [1.54, 1.807) is 4.57 Å². The molecular formula is C16H23F2N3. The maximum Gasteiger partial charge on any atom is 0.201 e. The summed E-state index contributed by atoms with van der Waals surface area (Å²) in [6.07, 6.45) is 5.55. The average Bonchev–Trinajstić information content (AvgIpc) is 2.75. The summed E-state index contributed by atoms with van der Waals surface area (Å²) < 4.78 is 28.8. The van der Waals surface area contributed by atoms with Crippen molar-refractivity contribution < 1.29 is 8.78 Å². The largest absolute Gasteiger partial charge is 0.369 e. The number of nitrogens with two attached hydrogens (primary N) is 1. The van der Waals surface area contributed by atoms with E-state index in [2.05, 4.69) is 18.8 Å². The Morgan fingerprint density at radius 3 is 2.57 bits per heavy atom. The van der Waals surface area contributed by atoms with Crippen molar-refractivity contribution in [2.45, 2.75) is 52.5 Å². The lowest BCUT2D eigenvalue weighted by atomic mass is 10.0. The van der Waals surface area contributed by atoms with E-state index in [1.165, 1.54) is 18.9 Å². The summed E-state index contributed by atoms with van der Waals surface area (Å²) in [6.45, 7) is 5.01. The number of aryl methyl sites for hydroxylation is 1. The molecule has 0 atom stereocenters. The molecule has 3 nitrogen and oxygen atoms in total. The number of anilines is 1. The van der Waals surface area contributed by atoms with Crippen LogP contribution in [-0.2, 0) is 6.54 Å². The second kappa shape index (κ2) is 6.87. The molecule has 1 aromatic heterocycles. The fourth-order valence-electron chi connectivity index (χ4n) is 2.58. The third-order valence-corrected chi connectivity index (χ3v) is 3.74. The van der Waals surface area contributed by atoms with Gasteiger partial charge in [-0.05, 0) is 24.5 Å². The first-order valence-corrected chi connectivity index (χ1v) is 7.60. The summed E-state index contributed by atoms with van der Waals surface area (Å²) in [4.78, 5) is 4.09. The Kier molecular flexibility index (Phi) is 5.15. The molecule has 0 fully saturated rings. The van der Waals surface area contributed by atoms with Crippen LogP contribution in [0, 0.1) is 17.6 Å². The first-order valence-electron chi connectivity index (χ1n) is 7.60. The molecule has 5 heteroatoms. The summed E-state index contributed by atoms with van der Waals surface area (Å²) in [5, 5.41) is 0. The number of imidazole rings is 1. The zero-order valence-corrected chi connectivity index (χ0v) is 12.7. The second-order valence-corrected chi connectivity index (χ2v) is 5.95. The van der Waals surface area contributed by atoms with Crippen LogP contribution in [0.15, 0.2) is 12.1 Å². The van der Waals surface area contributed by atoms with Gasteiger partial charge in [-0.3, -0.25) is 0 Å². The van der Waals surface area contributed by atoms with Crippen LogP contribution in [0.1, 0.15) is 46.0 Å². The number of fused-ring (bicyclic) bond motifs is 1. The highest BCUT2D eigenvalue weighted by atomic mass is 19.2. The molecule has 1 aromatic carbocycles. The third-order valence-electron chi connectivity index (χ3n) is 3.74. The Morgan fingerprint density at radius 1 is 1.14 bits per heavy atom. The number of hydrogen-bond acceptors (Lipinski definition) is 2. The molecule has 0 saturated carbocycles. The van der Waals surface area contributed by atoms with Crippen molar-refractivity contribution in [1.29, 1.82) is 0 Å². The minimum atomic E-state index is -0.864. The number of benzene rings is 1. The summed E-state index contributed by atoms with van der Waals surface area (Å²) in [7, 11) is 0. The molecule has 0 spiro atoms. The van der Waals surface area contributed by atoms with E-state index in [9.17, 15) is 8.78 Å². The highest BCUT2D eigenvalue weighted by molar-refractivity contribution is 5.79. The first kappa shape index (κ1) is 15.7. The van der Waals surface area contributed by atoms with Crippen LogP contribution in [0.4, 0.5) is 14.7 Å². The van der Waals surface area contributed by atoms with E-state index in [4.69, 9.17) is 5.73 Å². The number of unbranched alkanes of at least 4 members (excludes halogenated alkanes) is 3. The second-order valence-electron chi connectivity index (χ2n) is 5.95. The summed E-state index contributed by atoms with van der Waals surface area (Å²) in [5.74, 6) is -0.746. The van der Waals surface area contributed by atoms with Crippen LogP contribution in [0.5, 0.6) is 0 Å². The molecule has 21 heavy (non-hydrogen) atoms. The predicted molar refractivity (Wildman–Crippen MR) is 82.0 cm³/mol. The average molecular weight is 295 g/mol. The summed E-state index contributed by atoms with van der Waals surface area (Å²) >= 11 is 0. The third kappa shape index (κ3) is 3.71. The van der Waals surface area contributed by atoms with Crippen LogP contribution in [0.3, 0.4) is 0 Å². The molecule has 0 aliphatic rings. The lowest BCUT2D eigenvalue weighted by Gasteiger charge is -2.08. The van der Waals surface area contributed by atoms with Crippen molar-refractivity contribution in [3.8, 4) is 0 Å². The number of halogens is 2. The van der Waals surface area contributed by atoms with Gasteiger partial charge in [-0.1, -0.05) is 39.5 Å². The minimum Gasteiger partial charge on any atom is -0.369 e. The number of rotatable bonds is 7. The molecule has 0 aliphatic carbocycles. The van der Waals surface area contributed by atoms with Crippen LogP contribution in [-0.4, -0.2) is 9.55 Å². The Hall–Kier alpha value is -1.65. The van der Waals surface area contributed by atoms with Crippen LogP contribution in [0.25, 0.3) is 11.0 Å². The highest BCUT2D eigenvalue weighted by Gasteiger charge is 2.15. The zero-order chi connectivity index (χ0) is 15.4. The molecule has 0 radical (unpaired) electrons. The fraction of sp³-hybridized carbons (Fsp3) is 0.562. The van der Waals surface area contributed by atoms with Gasteiger partial charge in [0.25, 0.3) is 0 Å². The van der Waals surface area contributed by atoms with Crippen molar-refractivity contribution in [2.24, 2.45) is 5.92 Å². The van der Waals surface area contributed by atoms with E-state index in [-0.39, 0.29) is 11.5 Å². The quantitative estimate of drug-likeness (QED) is 0.764. The first-order chi connectivity index (χ1) is 10.0. The van der Waals surface area contributed by atoms with Gasteiger partial charge in [-0.25, -0.2) is 13.8 Å². The van der Waals surface area contributed by atoms with Gasteiger partial charge in [0.2, 0.25) is 5.95 Å². The molecule has 0 bridgehead atoms. The van der Waals surface area contributed by atoms with Crippen molar-refractivity contribution in [3.05, 3.63) is 23.8 Å². The molecule has 0 saturated heterocycles. The molecule has 2 rings (SSSR count). The van der Waals surface area contributed by atoms with E-state index in [0.29, 0.717) is 12.1 Å². The summed E-state index contributed by atoms with van der Waals surface area (Å²) in [5.41, 5.74) is 6.40. The Morgan fingerprint density at radius 2 is 1.86 bits per heavy atom. The number of nitrogen functional groups attached to an aromatic ring is 1. The van der Waals surface area contributed by atoms with E-state index in [0.717, 1.165) is 31.2 Å². The van der Waals surface area contributed by atoms with E-state index < -0.39 is 11.6 Å². The lowest BCUT2D eigenvalue weighted by Crippen LogP contribution is -2.05. The van der Waals surface area contributed by atoms with Gasteiger partial charge in [0.1, 0.15) is 5.52 Å². The van der Waals surface area contributed by atoms with Gasteiger partial charge in [0.15, 0.2) is 11.6 Å². The Balaban J connectivity index is 1.99. The van der Waals surface area contributed by atoms with Crippen molar-refractivity contribution >= 4 is 17.0 Å². The standard InChI is InChI=1S/C16H23F2N3/c1-11(2)7-5-3-4-6-10-21-15-13(20-16(21)19)9-8-12(17)14(15)18/h8-9,11H,3-7,10H2,1-2H3,(H2,19,20). The number of hydrogen-bond donors (Lipinski definition) is 1. The lowest BCUT2D eigenvalue weighted by molar-refractivity contribution is 0.499. The van der Waals surface area contributed by atoms with Crippen molar-refractivity contribution in [1.82, 2.24) is 9.55 Å².